The number of para-hydroxylation sites is 1. The number of rotatable bonds is 4. The highest BCUT2D eigenvalue weighted by Gasteiger charge is 2.18. The van der Waals surface area contributed by atoms with Crippen molar-refractivity contribution in [2.45, 2.75) is 6.92 Å². The van der Waals surface area contributed by atoms with Crippen LogP contribution < -0.4 is 16.4 Å². The monoisotopic (exact) mass is 419 g/mol. The van der Waals surface area contributed by atoms with Crippen molar-refractivity contribution in [3.63, 3.8) is 0 Å². The predicted molar refractivity (Wildman–Crippen MR) is 115 cm³/mol. The number of hydrogen-bond donors (Lipinski definition) is 2. The molecule has 0 saturated heterocycles. The van der Waals surface area contributed by atoms with E-state index in [0.29, 0.717) is 22.4 Å². The van der Waals surface area contributed by atoms with E-state index in [1.54, 1.807) is 56.4 Å². The number of aryl methyl sites for hydroxylation is 2. The lowest BCUT2D eigenvalue weighted by Crippen LogP contribution is -2.20. The first-order valence-electron chi connectivity index (χ1n) is 9.41. The van der Waals surface area contributed by atoms with Crippen LogP contribution in [0.4, 0.5) is 15.8 Å². The van der Waals surface area contributed by atoms with Gasteiger partial charge in [0.25, 0.3) is 11.8 Å². The number of oxazole rings is 1. The fourth-order valence-corrected chi connectivity index (χ4v) is 3.25. The lowest BCUT2D eigenvalue weighted by molar-refractivity contribution is 0.102. The molecule has 4 aromatic rings. The van der Waals surface area contributed by atoms with Crippen LogP contribution in [0.5, 0.6) is 0 Å². The summed E-state index contributed by atoms with van der Waals surface area (Å²) in [6, 6.07) is 15.4. The van der Waals surface area contributed by atoms with Crippen LogP contribution in [0.25, 0.3) is 11.1 Å². The topological polar surface area (TPSA) is 93.3 Å². The van der Waals surface area contributed by atoms with Crippen LogP contribution in [0, 0.1) is 12.7 Å². The van der Waals surface area contributed by atoms with Gasteiger partial charge in [-0.3, -0.25) is 14.2 Å². The van der Waals surface area contributed by atoms with Crippen molar-refractivity contribution in [1.82, 2.24) is 4.57 Å². The van der Waals surface area contributed by atoms with Gasteiger partial charge < -0.3 is 15.1 Å². The summed E-state index contributed by atoms with van der Waals surface area (Å²) in [5, 5.41) is 5.40. The summed E-state index contributed by atoms with van der Waals surface area (Å²) in [5.41, 5.74) is 2.39. The van der Waals surface area contributed by atoms with Crippen molar-refractivity contribution in [3.05, 3.63) is 93.7 Å². The molecule has 1 aromatic heterocycles. The van der Waals surface area contributed by atoms with Gasteiger partial charge in [-0.1, -0.05) is 24.3 Å². The third-order valence-electron chi connectivity index (χ3n) is 4.92. The van der Waals surface area contributed by atoms with Gasteiger partial charge in [0.1, 0.15) is 5.82 Å². The molecule has 8 heteroatoms. The fourth-order valence-electron chi connectivity index (χ4n) is 3.25. The number of carbonyl (C=O) groups excluding carboxylic acids is 2. The molecule has 31 heavy (non-hydrogen) atoms. The van der Waals surface area contributed by atoms with E-state index in [4.69, 9.17) is 4.42 Å². The van der Waals surface area contributed by atoms with E-state index in [2.05, 4.69) is 10.6 Å². The highest BCUT2D eigenvalue weighted by atomic mass is 19.1. The molecule has 0 aliphatic carbocycles. The van der Waals surface area contributed by atoms with E-state index in [1.165, 1.54) is 22.8 Å². The third-order valence-corrected chi connectivity index (χ3v) is 4.92. The molecule has 0 aliphatic rings. The Balaban J connectivity index is 1.64. The Morgan fingerprint density at radius 1 is 0.935 bits per heavy atom. The summed E-state index contributed by atoms with van der Waals surface area (Å²) >= 11 is 0. The molecule has 0 radical (unpaired) electrons. The first-order chi connectivity index (χ1) is 14.8. The summed E-state index contributed by atoms with van der Waals surface area (Å²) in [4.78, 5) is 37.2. The maximum absolute atomic E-state index is 14.0. The van der Waals surface area contributed by atoms with Crippen LogP contribution in [0.3, 0.4) is 0 Å². The minimum atomic E-state index is -0.656. The van der Waals surface area contributed by atoms with Crippen LogP contribution in [0.1, 0.15) is 26.3 Å². The Hall–Kier alpha value is -4.20. The normalized spacial score (nSPS) is 10.8. The number of aromatic nitrogens is 1. The Labute approximate surface area is 176 Å². The number of anilines is 2. The van der Waals surface area contributed by atoms with Crippen LogP contribution in [-0.2, 0) is 7.05 Å². The summed E-state index contributed by atoms with van der Waals surface area (Å²) in [5.74, 6) is -2.29. The highest BCUT2D eigenvalue weighted by Crippen LogP contribution is 2.24. The minimum Gasteiger partial charge on any atom is -0.408 e. The molecule has 3 aromatic carbocycles. The number of nitrogens with one attached hydrogen (secondary N) is 2. The van der Waals surface area contributed by atoms with Gasteiger partial charge in [-0.25, -0.2) is 9.18 Å². The molecule has 7 nitrogen and oxygen atoms in total. The van der Waals surface area contributed by atoms with Crippen LogP contribution in [-0.4, -0.2) is 16.4 Å². The molecule has 0 aliphatic heterocycles. The molecular weight excluding hydrogens is 401 g/mol. The van der Waals surface area contributed by atoms with Crippen LogP contribution in [0.2, 0.25) is 0 Å². The predicted octanol–water partition coefficient (Wildman–Crippen LogP) is 4.08. The van der Waals surface area contributed by atoms with Crippen molar-refractivity contribution < 1.29 is 18.4 Å². The van der Waals surface area contributed by atoms with E-state index in [1.807, 2.05) is 0 Å². The Bertz CT molecular complexity index is 1390. The molecular formula is C23H18FN3O4. The zero-order chi connectivity index (χ0) is 22.1. The smallest absolute Gasteiger partial charge is 0.408 e. The summed E-state index contributed by atoms with van der Waals surface area (Å²) in [7, 11) is 1.57. The van der Waals surface area contributed by atoms with Gasteiger partial charge in [0.2, 0.25) is 0 Å². The van der Waals surface area contributed by atoms with Gasteiger partial charge in [-0.15, -0.1) is 0 Å². The third kappa shape index (κ3) is 3.83. The minimum absolute atomic E-state index is 0.122. The second-order valence-electron chi connectivity index (χ2n) is 7.00. The molecule has 0 unspecified atom stereocenters. The average Bonchev–Trinajstić information content (AvgIpc) is 3.03. The van der Waals surface area contributed by atoms with Crippen molar-refractivity contribution in [1.29, 1.82) is 0 Å². The quantitative estimate of drug-likeness (QED) is 0.521. The van der Waals surface area contributed by atoms with E-state index in [0.717, 1.165) is 0 Å². The number of carbonyl (C=O) groups is 2. The molecule has 0 spiro atoms. The van der Waals surface area contributed by atoms with Crippen molar-refractivity contribution >= 4 is 34.3 Å². The first kappa shape index (κ1) is 20.1. The van der Waals surface area contributed by atoms with Crippen molar-refractivity contribution in [2.75, 3.05) is 10.6 Å². The second kappa shape index (κ2) is 7.91. The SMILES string of the molecule is Cc1cccc(C(=O)Nc2ccc3oc(=O)n(C)c3c2)c1NC(=O)c1ccccc1F. The van der Waals surface area contributed by atoms with E-state index in [9.17, 15) is 18.8 Å². The molecule has 2 amide bonds. The maximum atomic E-state index is 14.0. The van der Waals surface area contributed by atoms with Crippen molar-refractivity contribution in [3.8, 4) is 0 Å². The largest absolute Gasteiger partial charge is 0.419 e. The number of amides is 2. The van der Waals surface area contributed by atoms with Crippen molar-refractivity contribution in [2.24, 2.45) is 7.05 Å². The molecule has 0 fully saturated rings. The average molecular weight is 419 g/mol. The van der Waals surface area contributed by atoms with Gasteiger partial charge in [-0.2, -0.15) is 0 Å². The number of nitrogens with zero attached hydrogens (tertiary/aromatic N) is 1. The number of hydrogen-bond acceptors (Lipinski definition) is 4. The van der Waals surface area contributed by atoms with Gasteiger partial charge >= 0.3 is 5.76 Å². The number of halogens is 1. The summed E-state index contributed by atoms with van der Waals surface area (Å²) < 4.78 is 20.4. The summed E-state index contributed by atoms with van der Waals surface area (Å²) in [6.45, 7) is 1.74. The zero-order valence-electron chi connectivity index (χ0n) is 16.7. The number of benzene rings is 3. The molecule has 4 rings (SSSR count). The van der Waals surface area contributed by atoms with E-state index >= 15 is 0 Å². The molecule has 1 heterocycles. The fraction of sp³-hybridized carbons (Fsp3) is 0.0870. The van der Waals surface area contributed by atoms with Crippen LogP contribution >= 0.6 is 0 Å². The Morgan fingerprint density at radius 3 is 2.42 bits per heavy atom. The standard InChI is InChI=1S/C23H18FN3O4/c1-13-6-5-8-16(20(13)26-21(28)15-7-3-4-9-17(15)24)22(29)25-14-10-11-19-18(12-14)27(2)23(30)31-19/h3-12H,1-2H3,(H,25,29)(H,26,28). The molecule has 2 N–H and O–H groups in total. The second-order valence-corrected chi connectivity index (χ2v) is 7.00. The lowest BCUT2D eigenvalue weighted by Gasteiger charge is -2.14. The van der Waals surface area contributed by atoms with Gasteiger partial charge in [0.15, 0.2) is 5.58 Å². The zero-order valence-corrected chi connectivity index (χ0v) is 16.7. The highest BCUT2D eigenvalue weighted by molar-refractivity contribution is 6.13. The molecule has 0 bridgehead atoms. The van der Waals surface area contributed by atoms with E-state index in [-0.39, 0.29) is 16.8 Å². The molecule has 0 saturated carbocycles. The summed E-state index contributed by atoms with van der Waals surface area (Å²) in [6.07, 6.45) is 0. The van der Waals surface area contributed by atoms with Crippen LogP contribution in [0.15, 0.2) is 69.9 Å². The Morgan fingerprint density at radius 2 is 1.65 bits per heavy atom. The maximum Gasteiger partial charge on any atom is 0.419 e. The molecule has 0 atom stereocenters. The van der Waals surface area contributed by atoms with E-state index < -0.39 is 23.4 Å². The van der Waals surface area contributed by atoms with Gasteiger partial charge in [0, 0.05) is 12.7 Å². The molecule has 156 valence electrons. The van der Waals surface area contributed by atoms with Gasteiger partial charge in [-0.05, 0) is 48.9 Å². The Kier molecular flexibility index (Phi) is 5.12. The number of fused-ring (bicyclic) bond motifs is 1. The lowest BCUT2D eigenvalue weighted by atomic mass is 10.1. The van der Waals surface area contributed by atoms with Gasteiger partial charge in [0.05, 0.1) is 22.3 Å². The first-order valence-corrected chi connectivity index (χ1v) is 9.41.